The summed E-state index contributed by atoms with van der Waals surface area (Å²) < 4.78 is 23.3. The van der Waals surface area contributed by atoms with Crippen molar-refractivity contribution in [3.63, 3.8) is 0 Å². The Morgan fingerprint density at radius 1 is 1.44 bits per heavy atom. The monoisotopic (exact) mass is 314 g/mol. The Labute approximate surface area is 119 Å². The lowest BCUT2D eigenvalue weighted by molar-refractivity contribution is -0.145. The molecule has 3 nitrogen and oxygen atoms in total. The Balaban J connectivity index is 2.88. The number of halogens is 4. The molecule has 0 aliphatic carbocycles. The second-order valence-corrected chi connectivity index (χ2v) is 4.24. The minimum atomic E-state index is -0.805. The quantitative estimate of drug-likeness (QED) is 0.471. The summed E-state index contributed by atoms with van der Waals surface area (Å²) in [6.45, 7) is 1.45. The second-order valence-electron chi connectivity index (χ2n) is 3.19. The molecule has 0 bridgehead atoms. The van der Waals surface area contributed by atoms with Crippen molar-refractivity contribution in [3.05, 3.63) is 27.5 Å². The molecule has 0 N–H and O–H groups in total. The van der Waals surface area contributed by atoms with Gasteiger partial charge in [-0.2, -0.15) is 0 Å². The molecule has 0 amide bonds. The van der Waals surface area contributed by atoms with E-state index < -0.39 is 18.4 Å². The average molecular weight is 316 g/mol. The van der Waals surface area contributed by atoms with Gasteiger partial charge in [-0.25, -0.2) is 9.18 Å². The maximum Gasteiger partial charge on any atom is 0.344 e. The second kappa shape index (κ2) is 7.02. The van der Waals surface area contributed by atoms with Gasteiger partial charge < -0.3 is 9.47 Å². The van der Waals surface area contributed by atoms with Crippen LogP contribution in [-0.2, 0) is 15.4 Å². The Morgan fingerprint density at radius 3 is 2.67 bits per heavy atom. The van der Waals surface area contributed by atoms with E-state index in [9.17, 15) is 9.18 Å². The van der Waals surface area contributed by atoms with Gasteiger partial charge in [0.25, 0.3) is 0 Å². The third-order valence-corrected chi connectivity index (χ3v) is 3.00. The van der Waals surface area contributed by atoms with Gasteiger partial charge in [0.05, 0.1) is 22.5 Å². The third kappa shape index (κ3) is 3.64. The molecule has 0 saturated heterocycles. The molecule has 7 heteroatoms. The summed E-state index contributed by atoms with van der Waals surface area (Å²) in [5.41, 5.74) is 0.279. The van der Waals surface area contributed by atoms with Crippen LogP contribution in [0.25, 0.3) is 0 Å². The van der Waals surface area contributed by atoms with E-state index in [1.165, 1.54) is 6.07 Å². The molecule has 0 saturated carbocycles. The summed E-state index contributed by atoms with van der Waals surface area (Å²) in [4.78, 5) is 11.1. The van der Waals surface area contributed by atoms with Gasteiger partial charge in [0.2, 0.25) is 0 Å². The van der Waals surface area contributed by atoms with E-state index in [0.717, 1.165) is 0 Å². The SMILES string of the molecule is CCOC(=O)COc1cc(Cl)c(CCl)c(Cl)c1F. The van der Waals surface area contributed by atoms with Crippen LogP contribution >= 0.6 is 34.8 Å². The van der Waals surface area contributed by atoms with Crippen LogP contribution < -0.4 is 4.74 Å². The van der Waals surface area contributed by atoms with E-state index in [4.69, 9.17) is 39.5 Å². The molecule has 100 valence electrons. The molecule has 0 aliphatic rings. The topological polar surface area (TPSA) is 35.5 Å². The van der Waals surface area contributed by atoms with Crippen molar-refractivity contribution >= 4 is 40.8 Å². The summed E-state index contributed by atoms with van der Waals surface area (Å²) in [6.07, 6.45) is 0. The molecule has 1 rings (SSSR count). The lowest BCUT2D eigenvalue weighted by Crippen LogP contribution is -2.15. The highest BCUT2D eigenvalue weighted by atomic mass is 35.5. The van der Waals surface area contributed by atoms with Gasteiger partial charge in [0.1, 0.15) is 0 Å². The number of carbonyl (C=O) groups is 1. The van der Waals surface area contributed by atoms with Crippen molar-refractivity contribution in [2.45, 2.75) is 12.8 Å². The number of esters is 1. The molecule has 0 heterocycles. The summed E-state index contributed by atoms with van der Waals surface area (Å²) in [5.74, 6) is -1.65. The number of hydrogen-bond acceptors (Lipinski definition) is 3. The van der Waals surface area contributed by atoms with Crippen LogP contribution in [0.15, 0.2) is 6.07 Å². The van der Waals surface area contributed by atoms with Crippen molar-refractivity contribution in [2.75, 3.05) is 13.2 Å². The van der Waals surface area contributed by atoms with E-state index >= 15 is 0 Å². The number of benzene rings is 1. The zero-order valence-corrected chi connectivity index (χ0v) is 11.7. The predicted octanol–water partition coefficient (Wildman–Crippen LogP) is 3.81. The van der Waals surface area contributed by atoms with Crippen LogP contribution in [0, 0.1) is 5.82 Å². The van der Waals surface area contributed by atoms with Crippen LogP contribution in [0.3, 0.4) is 0 Å². The van der Waals surface area contributed by atoms with Crippen molar-refractivity contribution in [2.24, 2.45) is 0 Å². The first kappa shape index (κ1) is 15.3. The average Bonchev–Trinajstić information content (AvgIpc) is 2.33. The Hall–Kier alpha value is -0.710. The van der Waals surface area contributed by atoms with E-state index in [1.54, 1.807) is 6.92 Å². The molecular weight excluding hydrogens is 305 g/mol. The Bertz CT molecular complexity index is 452. The molecule has 0 fully saturated rings. The molecular formula is C11H10Cl3FO3. The highest BCUT2D eigenvalue weighted by Gasteiger charge is 2.17. The lowest BCUT2D eigenvalue weighted by Gasteiger charge is -2.11. The summed E-state index contributed by atoms with van der Waals surface area (Å²) >= 11 is 17.2. The van der Waals surface area contributed by atoms with Gasteiger partial charge in [0, 0.05) is 11.6 Å². The number of carbonyl (C=O) groups excluding carboxylic acids is 1. The minimum absolute atomic E-state index is 0.0211. The van der Waals surface area contributed by atoms with Crippen LogP contribution in [0.5, 0.6) is 5.75 Å². The van der Waals surface area contributed by atoms with Crippen molar-refractivity contribution in [1.82, 2.24) is 0 Å². The van der Waals surface area contributed by atoms with Gasteiger partial charge >= 0.3 is 5.97 Å². The van der Waals surface area contributed by atoms with Gasteiger partial charge in [-0.05, 0) is 6.92 Å². The van der Waals surface area contributed by atoms with Gasteiger partial charge in [-0.1, -0.05) is 23.2 Å². The van der Waals surface area contributed by atoms with E-state index in [0.29, 0.717) is 0 Å². The first-order valence-corrected chi connectivity index (χ1v) is 6.31. The Morgan fingerprint density at radius 2 is 2.11 bits per heavy atom. The van der Waals surface area contributed by atoms with Crippen LogP contribution in [-0.4, -0.2) is 19.2 Å². The number of alkyl halides is 1. The van der Waals surface area contributed by atoms with Crippen LogP contribution in [0.1, 0.15) is 12.5 Å². The van der Waals surface area contributed by atoms with Crippen molar-refractivity contribution in [1.29, 1.82) is 0 Å². The smallest absolute Gasteiger partial charge is 0.344 e. The Kier molecular flexibility index (Phi) is 5.99. The van der Waals surface area contributed by atoms with E-state index in [1.807, 2.05) is 0 Å². The molecule has 0 unspecified atom stereocenters. The standard InChI is InChI=1S/C11H10Cl3FO3/c1-2-17-9(16)5-18-8-3-7(13)6(4-12)10(14)11(8)15/h3H,2,4-5H2,1H3. The molecule has 1 aromatic carbocycles. The van der Waals surface area contributed by atoms with Gasteiger partial charge in [-0.3, -0.25) is 0 Å². The largest absolute Gasteiger partial charge is 0.479 e. The van der Waals surface area contributed by atoms with Gasteiger partial charge in [-0.15, -0.1) is 11.6 Å². The fourth-order valence-electron chi connectivity index (χ4n) is 1.18. The first-order valence-electron chi connectivity index (χ1n) is 5.02. The van der Waals surface area contributed by atoms with E-state index in [2.05, 4.69) is 4.74 Å². The highest BCUT2D eigenvalue weighted by molar-refractivity contribution is 6.37. The summed E-state index contributed by atoms with van der Waals surface area (Å²) in [7, 11) is 0. The molecule has 0 radical (unpaired) electrons. The fraction of sp³-hybridized carbons (Fsp3) is 0.364. The maximum absolute atomic E-state index is 13.7. The van der Waals surface area contributed by atoms with Crippen LogP contribution in [0.4, 0.5) is 4.39 Å². The lowest BCUT2D eigenvalue weighted by atomic mass is 10.2. The zero-order valence-electron chi connectivity index (χ0n) is 9.44. The molecule has 18 heavy (non-hydrogen) atoms. The first-order chi connectivity index (χ1) is 8.51. The number of hydrogen-bond donors (Lipinski definition) is 0. The van der Waals surface area contributed by atoms with Crippen molar-refractivity contribution in [3.8, 4) is 5.75 Å². The molecule has 0 spiro atoms. The summed E-state index contributed by atoms with van der Waals surface area (Å²) in [5, 5.41) is -0.0355. The summed E-state index contributed by atoms with van der Waals surface area (Å²) in [6, 6.07) is 1.22. The normalized spacial score (nSPS) is 10.3. The maximum atomic E-state index is 13.7. The minimum Gasteiger partial charge on any atom is -0.479 e. The van der Waals surface area contributed by atoms with E-state index in [-0.39, 0.29) is 33.8 Å². The fourth-order valence-corrected chi connectivity index (χ4v) is 2.16. The zero-order chi connectivity index (χ0) is 13.7. The highest BCUT2D eigenvalue weighted by Crippen LogP contribution is 2.35. The number of ether oxygens (including phenoxy) is 2. The van der Waals surface area contributed by atoms with Crippen molar-refractivity contribution < 1.29 is 18.7 Å². The predicted molar refractivity (Wildman–Crippen MR) is 68.1 cm³/mol. The third-order valence-electron chi connectivity index (χ3n) is 2.00. The molecule has 1 aromatic rings. The molecule has 0 aliphatic heterocycles. The van der Waals surface area contributed by atoms with Crippen LogP contribution in [0.2, 0.25) is 10.0 Å². The molecule has 0 aromatic heterocycles. The van der Waals surface area contributed by atoms with Gasteiger partial charge in [0.15, 0.2) is 18.2 Å². The number of rotatable bonds is 5. The molecule has 0 atom stereocenters.